The molecule has 2 saturated heterocycles. The molecule has 200 valence electrons. The molecule has 2 aromatic carbocycles. The molecule has 2 heterocycles. The van der Waals surface area contributed by atoms with Crippen LogP contribution in [0.3, 0.4) is 0 Å². The number of ether oxygens (including phenoxy) is 1. The number of nitrogens with zero attached hydrogens (tertiary/aromatic N) is 1. The van der Waals surface area contributed by atoms with Crippen LogP contribution < -0.4 is 5.06 Å². The Morgan fingerprint density at radius 3 is 2.05 bits per heavy atom. The monoisotopic (exact) mass is 507 g/mol. The largest absolute Gasteiger partial charge is 0.466 e. The van der Waals surface area contributed by atoms with Gasteiger partial charge in [-0.1, -0.05) is 48.5 Å². The van der Waals surface area contributed by atoms with E-state index in [2.05, 4.69) is 20.8 Å². The fourth-order valence-electron chi connectivity index (χ4n) is 4.93. The fourth-order valence-corrected chi connectivity index (χ4v) is 4.93. The minimum atomic E-state index is -0.588. The first-order valence-corrected chi connectivity index (χ1v) is 13.5. The number of ketones is 1. The molecule has 0 aromatic heterocycles. The lowest BCUT2D eigenvalue weighted by atomic mass is 9.63. The molecular formula is C30H42BNO5. The Morgan fingerprint density at radius 1 is 0.919 bits per heavy atom. The number of carbonyl (C=O) groups excluding carboxylic acids is 1. The lowest BCUT2D eigenvalue weighted by molar-refractivity contribution is -0.00638. The number of rotatable bonds is 9. The summed E-state index contributed by atoms with van der Waals surface area (Å²) in [6.07, 6.45) is 2.34. The number of Topliss-reactive ketones (excluding diaryl/α,β-unsaturated/α-hetero) is 1. The number of unbranched alkanes of at least 4 members (excludes halogenated alkanes) is 1. The molecule has 0 saturated carbocycles. The predicted octanol–water partition coefficient (Wildman–Crippen LogP) is 6.51. The van der Waals surface area contributed by atoms with Gasteiger partial charge in [0, 0.05) is 12.2 Å². The zero-order valence-corrected chi connectivity index (χ0v) is 23.4. The second-order valence-electron chi connectivity index (χ2n) is 12.1. The molecule has 0 N–H and O–H groups in total. The van der Waals surface area contributed by atoms with E-state index in [0.717, 1.165) is 24.9 Å². The molecule has 2 aliphatic rings. The van der Waals surface area contributed by atoms with Crippen molar-refractivity contribution in [3.8, 4) is 0 Å². The van der Waals surface area contributed by atoms with E-state index in [0.29, 0.717) is 12.2 Å². The van der Waals surface area contributed by atoms with E-state index in [9.17, 15) is 4.79 Å². The molecule has 0 unspecified atom stereocenters. The summed E-state index contributed by atoms with van der Waals surface area (Å²) in [4.78, 5) is 20.7. The molecule has 0 spiro atoms. The Balaban J connectivity index is 1.66. The molecule has 0 bridgehead atoms. The van der Waals surface area contributed by atoms with Gasteiger partial charge in [0.05, 0.1) is 34.4 Å². The summed E-state index contributed by atoms with van der Waals surface area (Å²) in [5, 5.41) is 1.79. The standard InChI is InChI=1S/C30H42BNO5/c1-28(2,3)34-21-15-14-20-24-25(31-36-29(4,5)30(6,7)37-31)26(27(33)22-16-10-8-11-17-22)32(35-24)23-18-12-9-13-19-23/h8-13,16-19,24-26H,14-15,20-21H2,1-7H3/t24-,25-,26-/m1/s1. The quantitative estimate of drug-likeness (QED) is 0.219. The van der Waals surface area contributed by atoms with Gasteiger partial charge >= 0.3 is 7.12 Å². The molecule has 0 aliphatic carbocycles. The lowest BCUT2D eigenvalue weighted by Crippen LogP contribution is -2.44. The molecule has 0 radical (unpaired) electrons. The Bertz CT molecular complexity index is 1020. The van der Waals surface area contributed by atoms with Gasteiger partial charge < -0.3 is 14.0 Å². The number of para-hydroxylation sites is 1. The van der Waals surface area contributed by atoms with Crippen molar-refractivity contribution < 1.29 is 23.7 Å². The normalized spacial score (nSPS) is 25.0. The maximum absolute atomic E-state index is 14.1. The minimum Gasteiger partial charge on any atom is -0.403 e. The van der Waals surface area contributed by atoms with Crippen LogP contribution in [-0.4, -0.2) is 48.5 Å². The highest BCUT2D eigenvalue weighted by Crippen LogP contribution is 2.48. The van der Waals surface area contributed by atoms with Gasteiger partial charge in [-0.25, -0.2) is 5.06 Å². The lowest BCUT2D eigenvalue weighted by Gasteiger charge is -2.32. The van der Waals surface area contributed by atoms with Gasteiger partial charge in [0.1, 0.15) is 6.04 Å². The van der Waals surface area contributed by atoms with Crippen LogP contribution in [0, 0.1) is 0 Å². The van der Waals surface area contributed by atoms with Gasteiger partial charge in [0.15, 0.2) is 5.78 Å². The zero-order valence-electron chi connectivity index (χ0n) is 23.4. The third kappa shape index (κ3) is 6.28. The molecule has 37 heavy (non-hydrogen) atoms. The Hall–Kier alpha value is -2.19. The highest BCUT2D eigenvalue weighted by molar-refractivity contribution is 6.49. The van der Waals surface area contributed by atoms with E-state index in [1.807, 2.05) is 88.4 Å². The molecule has 6 nitrogen and oxygen atoms in total. The van der Waals surface area contributed by atoms with E-state index in [1.54, 1.807) is 5.06 Å². The van der Waals surface area contributed by atoms with Crippen molar-refractivity contribution in [3.63, 3.8) is 0 Å². The summed E-state index contributed by atoms with van der Waals surface area (Å²) < 4.78 is 19.0. The van der Waals surface area contributed by atoms with Crippen LogP contribution in [0.5, 0.6) is 0 Å². The second kappa shape index (κ2) is 10.9. The fraction of sp³-hybridized carbons (Fsp3) is 0.567. The van der Waals surface area contributed by atoms with Crippen LogP contribution in [0.4, 0.5) is 5.69 Å². The summed E-state index contributed by atoms with van der Waals surface area (Å²) >= 11 is 0. The summed E-state index contributed by atoms with van der Waals surface area (Å²) in [7, 11) is -0.577. The maximum Gasteiger partial charge on any atom is 0.466 e. The molecule has 3 atom stereocenters. The zero-order chi connectivity index (χ0) is 26.8. The third-order valence-corrected chi connectivity index (χ3v) is 7.64. The van der Waals surface area contributed by atoms with Crippen molar-refractivity contribution in [1.29, 1.82) is 0 Å². The van der Waals surface area contributed by atoms with Crippen molar-refractivity contribution in [2.24, 2.45) is 0 Å². The Kier molecular flexibility index (Phi) is 8.20. The highest BCUT2D eigenvalue weighted by Gasteiger charge is 2.61. The van der Waals surface area contributed by atoms with Crippen LogP contribution in [0.25, 0.3) is 0 Å². The van der Waals surface area contributed by atoms with E-state index in [-0.39, 0.29) is 23.3 Å². The Morgan fingerprint density at radius 2 is 1.49 bits per heavy atom. The van der Waals surface area contributed by atoms with Gasteiger partial charge in [-0.15, -0.1) is 0 Å². The molecule has 4 rings (SSSR count). The smallest absolute Gasteiger partial charge is 0.403 e. The van der Waals surface area contributed by atoms with Crippen LogP contribution in [0.15, 0.2) is 60.7 Å². The summed E-state index contributed by atoms with van der Waals surface area (Å²) in [6, 6.07) is 18.7. The average Bonchev–Trinajstić information content (AvgIpc) is 3.32. The summed E-state index contributed by atoms with van der Waals surface area (Å²) in [5.74, 6) is -0.305. The molecule has 0 amide bonds. The minimum absolute atomic E-state index is 0.00253. The average molecular weight is 507 g/mol. The maximum atomic E-state index is 14.1. The molecule has 2 fully saturated rings. The van der Waals surface area contributed by atoms with Gasteiger partial charge in [-0.3, -0.25) is 9.63 Å². The second-order valence-corrected chi connectivity index (χ2v) is 12.1. The Labute approximate surface area is 222 Å². The number of hydroxylamine groups is 1. The van der Waals surface area contributed by atoms with Gasteiger partial charge in [-0.2, -0.15) is 0 Å². The van der Waals surface area contributed by atoms with Crippen LogP contribution >= 0.6 is 0 Å². The van der Waals surface area contributed by atoms with Crippen LogP contribution in [0.2, 0.25) is 5.82 Å². The van der Waals surface area contributed by atoms with Crippen LogP contribution in [0.1, 0.15) is 78.1 Å². The topological polar surface area (TPSA) is 57.2 Å². The van der Waals surface area contributed by atoms with Gasteiger partial charge in [0.2, 0.25) is 0 Å². The summed E-state index contributed by atoms with van der Waals surface area (Å²) in [5.41, 5.74) is 0.313. The number of hydrogen-bond donors (Lipinski definition) is 0. The van der Waals surface area contributed by atoms with E-state index in [4.69, 9.17) is 18.9 Å². The van der Waals surface area contributed by atoms with Crippen molar-refractivity contribution in [1.82, 2.24) is 0 Å². The number of hydrogen-bond acceptors (Lipinski definition) is 6. The third-order valence-electron chi connectivity index (χ3n) is 7.64. The van der Waals surface area contributed by atoms with E-state index in [1.165, 1.54) is 0 Å². The summed E-state index contributed by atoms with van der Waals surface area (Å²) in [6.45, 7) is 15.1. The van der Waals surface area contributed by atoms with Gasteiger partial charge in [0.25, 0.3) is 0 Å². The van der Waals surface area contributed by atoms with Crippen LogP contribution in [-0.2, 0) is 18.9 Å². The molecule has 2 aliphatic heterocycles. The van der Waals surface area contributed by atoms with E-state index >= 15 is 0 Å². The number of anilines is 1. The number of benzene rings is 2. The molecule has 2 aromatic rings. The highest BCUT2D eigenvalue weighted by atomic mass is 16.7. The predicted molar refractivity (Wildman–Crippen MR) is 148 cm³/mol. The number of carbonyl (C=O) groups is 1. The van der Waals surface area contributed by atoms with Crippen molar-refractivity contribution >= 4 is 18.6 Å². The SMILES string of the molecule is CC(C)(C)OCCCC[C@H]1ON(c2ccccc2)[C@@H](C(=O)c2ccccc2)[C@@H]1B1OC(C)(C)C(C)(C)O1. The van der Waals surface area contributed by atoms with E-state index < -0.39 is 24.4 Å². The first kappa shape index (κ1) is 27.8. The first-order valence-electron chi connectivity index (χ1n) is 13.5. The van der Waals surface area contributed by atoms with Gasteiger partial charge in [-0.05, 0) is 79.9 Å². The first-order chi connectivity index (χ1) is 17.4. The van der Waals surface area contributed by atoms with Crippen molar-refractivity contribution in [3.05, 3.63) is 66.2 Å². The molecule has 7 heteroatoms. The van der Waals surface area contributed by atoms with Crippen molar-refractivity contribution in [2.45, 2.75) is 102 Å². The van der Waals surface area contributed by atoms with Crippen molar-refractivity contribution in [2.75, 3.05) is 11.7 Å². The molecular weight excluding hydrogens is 465 g/mol.